The summed E-state index contributed by atoms with van der Waals surface area (Å²) in [6, 6.07) is 0. The first-order chi connectivity index (χ1) is 6.29. The topological polar surface area (TPSA) is 21.3 Å². The Hall–Kier alpha value is -0.0800. The van der Waals surface area contributed by atoms with Crippen molar-refractivity contribution in [1.82, 2.24) is 5.32 Å². The van der Waals surface area contributed by atoms with Crippen molar-refractivity contribution in [3.05, 3.63) is 0 Å². The first-order valence-electron chi connectivity index (χ1n) is 5.52. The maximum Gasteiger partial charge on any atom is 0.0651 e. The average molecular weight is 185 g/mol. The van der Waals surface area contributed by atoms with Crippen molar-refractivity contribution in [2.75, 3.05) is 20.2 Å². The van der Waals surface area contributed by atoms with E-state index in [4.69, 9.17) is 4.74 Å². The van der Waals surface area contributed by atoms with Crippen LogP contribution in [0.1, 0.15) is 39.5 Å². The molecule has 1 aliphatic rings. The van der Waals surface area contributed by atoms with E-state index in [1.54, 1.807) is 0 Å². The number of hydrogen-bond acceptors (Lipinski definition) is 2. The zero-order valence-corrected chi connectivity index (χ0v) is 9.23. The van der Waals surface area contributed by atoms with Crippen molar-refractivity contribution >= 4 is 0 Å². The first-order valence-corrected chi connectivity index (χ1v) is 5.52. The van der Waals surface area contributed by atoms with E-state index in [2.05, 4.69) is 19.2 Å². The van der Waals surface area contributed by atoms with Gasteiger partial charge in [-0.15, -0.1) is 0 Å². The van der Waals surface area contributed by atoms with Crippen molar-refractivity contribution in [2.24, 2.45) is 5.41 Å². The van der Waals surface area contributed by atoms with Gasteiger partial charge in [0.2, 0.25) is 0 Å². The smallest absolute Gasteiger partial charge is 0.0651 e. The molecular formula is C11H23NO. The Balaban J connectivity index is 2.66. The van der Waals surface area contributed by atoms with Gasteiger partial charge >= 0.3 is 0 Å². The zero-order valence-electron chi connectivity index (χ0n) is 9.23. The first kappa shape index (κ1) is 11.0. The van der Waals surface area contributed by atoms with Gasteiger partial charge in [0.25, 0.3) is 0 Å². The van der Waals surface area contributed by atoms with Crippen molar-refractivity contribution in [3.63, 3.8) is 0 Å². The van der Waals surface area contributed by atoms with Crippen LogP contribution in [0.5, 0.6) is 0 Å². The third-order valence-electron chi connectivity index (χ3n) is 3.48. The molecule has 1 aliphatic heterocycles. The summed E-state index contributed by atoms with van der Waals surface area (Å²) in [5.74, 6) is 0. The van der Waals surface area contributed by atoms with Crippen LogP contribution in [-0.4, -0.2) is 26.3 Å². The lowest BCUT2D eigenvalue weighted by atomic mass is 9.72. The molecule has 0 aromatic rings. The monoisotopic (exact) mass is 185 g/mol. The maximum absolute atomic E-state index is 5.61. The van der Waals surface area contributed by atoms with Crippen LogP contribution >= 0.6 is 0 Å². The van der Waals surface area contributed by atoms with Crippen molar-refractivity contribution < 1.29 is 4.74 Å². The Kier molecular flexibility index (Phi) is 4.20. The fourth-order valence-electron chi connectivity index (χ4n) is 2.64. The highest BCUT2D eigenvalue weighted by Crippen LogP contribution is 2.36. The number of nitrogens with one attached hydrogen (secondary N) is 1. The quantitative estimate of drug-likeness (QED) is 0.725. The molecule has 0 radical (unpaired) electrons. The molecule has 1 rings (SSSR count). The minimum Gasteiger partial charge on any atom is -0.381 e. The molecule has 0 bridgehead atoms. The normalized spacial score (nSPS) is 34.8. The fraction of sp³-hybridized carbons (Fsp3) is 1.00. The van der Waals surface area contributed by atoms with E-state index in [1.165, 1.54) is 25.7 Å². The van der Waals surface area contributed by atoms with E-state index in [1.807, 2.05) is 7.11 Å². The summed E-state index contributed by atoms with van der Waals surface area (Å²) in [7, 11) is 1.86. The number of rotatable bonds is 4. The molecule has 0 aliphatic carbocycles. The average Bonchev–Trinajstić information content (AvgIpc) is 2.19. The summed E-state index contributed by atoms with van der Waals surface area (Å²) < 4.78 is 5.61. The van der Waals surface area contributed by atoms with Crippen LogP contribution in [0.3, 0.4) is 0 Å². The molecule has 0 aromatic heterocycles. The van der Waals surface area contributed by atoms with E-state index in [9.17, 15) is 0 Å². The fourth-order valence-corrected chi connectivity index (χ4v) is 2.64. The van der Waals surface area contributed by atoms with Crippen LogP contribution < -0.4 is 5.32 Å². The predicted octanol–water partition coefficient (Wildman–Crippen LogP) is 2.19. The molecular weight excluding hydrogens is 162 g/mol. The summed E-state index contributed by atoms with van der Waals surface area (Å²) in [4.78, 5) is 0. The summed E-state index contributed by atoms with van der Waals surface area (Å²) in [5.41, 5.74) is 0.405. The molecule has 1 fully saturated rings. The molecule has 2 heteroatoms. The zero-order chi connectivity index (χ0) is 9.73. The highest BCUT2D eigenvalue weighted by atomic mass is 16.5. The van der Waals surface area contributed by atoms with Gasteiger partial charge in [-0.1, -0.05) is 20.3 Å². The second kappa shape index (κ2) is 4.97. The summed E-state index contributed by atoms with van der Waals surface area (Å²) in [6.45, 7) is 6.80. The van der Waals surface area contributed by atoms with Crippen LogP contribution in [0, 0.1) is 5.41 Å². The molecule has 1 saturated heterocycles. The van der Waals surface area contributed by atoms with Crippen molar-refractivity contribution in [2.45, 2.75) is 45.6 Å². The van der Waals surface area contributed by atoms with Gasteiger partial charge in [0, 0.05) is 19.1 Å². The molecule has 1 N–H and O–H groups in total. The second-order valence-corrected chi connectivity index (χ2v) is 4.16. The Labute approximate surface area is 82.0 Å². The summed E-state index contributed by atoms with van der Waals surface area (Å²) >= 11 is 0. The minimum absolute atomic E-state index is 0.405. The molecule has 1 heterocycles. The molecule has 0 amide bonds. The van der Waals surface area contributed by atoms with Gasteiger partial charge in [0.15, 0.2) is 0 Å². The Morgan fingerprint density at radius 1 is 1.46 bits per heavy atom. The standard InChI is InChI=1S/C11H23NO/c1-4-7-11(5-2)9-12-8-6-10(11)13-3/h10,12H,4-9H2,1-3H3. The highest BCUT2D eigenvalue weighted by Gasteiger charge is 2.38. The summed E-state index contributed by atoms with van der Waals surface area (Å²) in [6.07, 6.45) is 5.42. The second-order valence-electron chi connectivity index (χ2n) is 4.16. The Bertz CT molecular complexity index is 145. The molecule has 0 spiro atoms. The SMILES string of the molecule is CCCC1(CC)CNCCC1OC. The van der Waals surface area contributed by atoms with E-state index in [0.717, 1.165) is 13.1 Å². The van der Waals surface area contributed by atoms with Crippen LogP contribution in [-0.2, 0) is 4.74 Å². The van der Waals surface area contributed by atoms with Crippen LogP contribution in [0.4, 0.5) is 0 Å². The number of methoxy groups -OCH3 is 1. The van der Waals surface area contributed by atoms with Crippen molar-refractivity contribution in [3.8, 4) is 0 Å². The molecule has 0 saturated carbocycles. The van der Waals surface area contributed by atoms with Gasteiger partial charge in [-0.05, 0) is 25.8 Å². The molecule has 13 heavy (non-hydrogen) atoms. The number of hydrogen-bond donors (Lipinski definition) is 1. The van der Waals surface area contributed by atoms with Gasteiger partial charge in [-0.3, -0.25) is 0 Å². The largest absolute Gasteiger partial charge is 0.381 e. The van der Waals surface area contributed by atoms with Gasteiger partial charge in [-0.2, -0.15) is 0 Å². The maximum atomic E-state index is 5.61. The third kappa shape index (κ3) is 2.23. The molecule has 0 aromatic carbocycles. The molecule has 2 atom stereocenters. The number of piperidine rings is 1. The Morgan fingerprint density at radius 2 is 2.23 bits per heavy atom. The van der Waals surface area contributed by atoms with E-state index in [0.29, 0.717) is 11.5 Å². The van der Waals surface area contributed by atoms with Crippen molar-refractivity contribution in [1.29, 1.82) is 0 Å². The third-order valence-corrected chi connectivity index (χ3v) is 3.48. The number of ether oxygens (including phenoxy) is 1. The lowest BCUT2D eigenvalue weighted by molar-refractivity contribution is -0.0414. The van der Waals surface area contributed by atoms with Gasteiger partial charge in [0.1, 0.15) is 0 Å². The highest BCUT2D eigenvalue weighted by molar-refractivity contribution is 4.91. The van der Waals surface area contributed by atoms with E-state index in [-0.39, 0.29) is 0 Å². The molecule has 78 valence electrons. The van der Waals surface area contributed by atoms with E-state index < -0.39 is 0 Å². The lowest BCUT2D eigenvalue weighted by Crippen LogP contribution is -2.50. The molecule has 2 nitrogen and oxygen atoms in total. The van der Waals surface area contributed by atoms with Crippen LogP contribution in [0.2, 0.25) is 0 Å². The van der Waals surface area contributed by atoms with Crippen LogP contribution in [0.25, 0.3) is 0 Å². The minimum atomic E-state index is 0.405. The summed E-state index contributed by atoms with van der Waals surface area (Å²) in [5, 5.41) is 3.50. The van der Waals surface area contributed by atoms with E-state index >= 15 is 0 Å². The van der Waals surface area contributed by atoms with Gasteiger partial charge in [0.05, 0.1) is 6.10 Å². The lowest BCUT2D eigenvalue weighted by Gasteiger charge is -2.43. The van der Waals surface area contributed by atoms with Gasteiger partial charge in [-0.25, -0.2) is 0 Å². The van der Waals surface area contributed by atoms with Gasteiger partial charge < -0.3 is 10.1 Å². The van der Waals surface area contributed by atoms with Crippen LogP contribution in [0.15, 0.2) is 0 Å². The Morgan fingerprint density at radius 3 is 2.77 bits per heavy atom. The molecule has 2 unspecified atom stereocenters. The predicted molar refractivity (Wildman–Crippen MR) is 55.9 cm³/mol.